The summed E-state index contributed by atoms with van der Waals surface area (Å²) in [4.78, 5) is 37.8. The van der Waals surface area contributed by atoms with Crippen LogP contribution in [0.3, 0.4) is 0 Å². The quantitative estimate of drug-likeness (QED) is 0.154. The van der Waals surface area contributed by atoms with Gasteiger partial charge < -0.3 is 10.1 Å². The number of benzene rings is 3. The maximum Gasteiger partial charge on any atom is 0.324 e. The third-order valence-electron chi connectivity index (χ3n) is 5.63. The molecule has 1 aliphatic rings. The second-order valence-electron chi connectivity index (χ2n) is 8.08. The highest BCUT2D eigenvalue weighted by molar-refractivity contribution is 14.1. The predicted molar refractivity (Wildman–Crippen MR) is 147 cm³/mol. The summed E-state index contributed by atoms with van der Waals surface area (Å²) in [7, 11) is 0. The second-order valence-corrected chi connectivity index (χ2v) is 10.4. The van der Waals surface area contributed by atoms with Gasteiger partial charge in [-0.1, -0.05) is 41.7 Å². The van der Waals surface area contributed by atoms with E-state index in [4.69, 9.17) is 4.74 Å². The van der Waals surface area contributed by atoms with E-state index < -0.39 is 22.9 Å². The number of nitrogens with zero attached hydrogens (tertiary/aromatic N) is 2. The number of nitrogens with one attached hydrogen (secondary N) is 2. The molecule has 2 heterocycles. The van der Waals surface area contributed by atoms with E-state index >= 15 is 0 Å². The molecular formula is C26H19IN4O5S. The molecule has 1 atom stereocenters. The summed E-state index contributed by atoms with van der Waals surface area (Å²) < 4.78 is 6.64. The lowest BCUT2D eigenvalue weighted by Crippen LogP contribution is -2.52. The van der Waals surface area contributed by atoms with Crippen LogP contribution in [0.1, 0.15) is 37.3 Å². The van der Waals surface area contributed by atoms with E-state index in [1.807, 2.05) is 36.4 Å². The van der Waals surface area contributed by atoms with E-state index in [2.05, 4.69) is 33.3 Å². The Balaban J connectivity index is 1.36. The second kappa shape index (κ2) is 10.6. The summed E-state index contributed by atoms with van der Waals surface area (Å²) in [6.45, 7) is 0.396. The number of hydrogen-bond acceptors (Lipinski definition) is 7. The summed E-state index contributed by atoms with van der Waals surface area (Å²) in [6, 6.07) is 24.6. The van der Waals surface area contributed by atoms with Crippen molar-refractivity contribution in [3.8, 4) is 5.75 Å². The number of carbonyl (C=O) groups is 2. The number of hydrogen-bond donors (Lipinski definition) is 2. The Morgan fingerprint density at radius 2 is 1.84 bits per heavy atom. The zero-order chi connectivity index (χ0) is 25.9. The van der Waals surface area contributed by atoms with Crippen molar-refractivity contribution in [3.05, 3.63) is 120 Å². The Kier molecular flexibility index (Phi) is 7.06. The lowest BCUT2D eigenvalue weighted by atomic mass is 10.1. The van der Waals surface area contributed by atoms with Crippen LogP contribution in [0, 0.1) is 13.7 Å². The smallest absolute Gasteiger partial charge is 0.324 e. The van der Waals surface area contributed by atoms with Crippen LogP contribution in [0.5, 0.6) is 5.75 Å². The average Bonchev–Trinajstić information content (AvgIpc) is 3.41. The molecule has 3 aromatic carbocycles. The largest absolute Gasteiger partial charge is 0.489 e. The minimum absolute atomic E-state index is 0.0602. The van der Waals surface area contributed by atoms with Crippen LogP contribution in [0.25, 0.3) is 0 Å². The van der Waals surface area contributed by atoms with E-state index in [1.54, 1.807) is 42.5 Å². The molecule has 1 aromatic heterocycles. The number of rotatable bonds is 7. The number of thiophene rings is 1. The van der Waals surface area contributed by atoms with Crippen LogP contribution in [0.4, 0.5) is 10.7 Å². The van der Waals surface area contributed by atoms with Gasteiger partial charge in [0.25, 0.3) is 11.8 Å². The van der Waals surface area contributed by atoms with Gasteiger partial charge in [0.2, 0.25) is 0 Å². The molecule has 0 bridgehead atoms. The van der Waals surface area contributed by atoms with Gasteiger partial charge in [0.05, 0.1) is 15.4 Å². The molecular weight excluding hydrogens is 607 g/mol. The third kappa shape index (κ3) is 5.42. The fourth-order valence-electron chi connectivity index (χ4n) is 3.80. The molecule has 0 radical (unpaired) electrons. The number of carbonyl (C=O) groups excluding carboxylic acids is 2. The number of anilines is 1. The summed E-state index contributed by atoms with van der Waals surface area (Å²) in [5.74, 6) is -0.331. The molecule has 11 heteroatoms. The molecule has 0 unspecified atom stereocenters. The first-order chi connectivity index (χ1) is 17.9. The first-order valence-electron chi connectivity index (χ1n) is 11.1. The van der Waals surface area contributed by atoms with Crippen LogP contribution in [0.15, 0.2) is 84.9 Å². The molecule has 0 saturated carbocycles. The molecule has 0 aliphatic carbocycles. The molecule has 4 aromatic rings. The van der Waals surface area contributed by atoms with Crippen molar-refractivity contribution in [2.24, 2.45) is 0 Å². The maximum absolute atomic E-state index is 13.5. The fraction of sp³-hybridized carbons (Fsp3) is 0.0769. The normalized spacial score (nSPS) is 14.5. The van der Waals surface area contributed by atoms with Gasteiger partial charge >= 0.3 is 5.00 Å². The average molecular weight is 626 g/mol. The van der Waals surface area contributed by atoms with E-state index in [9.17, 15) is 19.7 Å². The number of amides is 2. The molecule has 5 rings (SSSR count). The lowest BCUT2D eigenvalue weighted by Gasteiger charge is -2.37. The van der Waals surface area contributed by atoms with Gasteiger partial charge in [0.1, 0.15) is 12.4 Å². The number of nitro groups is 1. The summed E-state index contributed by atoms with van der Waals surface area (Å²) in [5, 5.41) is 15.6. The molecule has 0 saturated heterocycles. The van der Waals surface area contributed by atoms with E-state index in [0.717, 1.165) is 20.5 Å². The number of ether oxygens (including phenoxy) is 1. The first-order valence-corrected chi connectivity index (χ1v) is 13.0. The Morgan fingerprint density at radius 3 is 2.54 bits per heavy atom. The van der Waals surface area contributed by atoms with Gasteiger partial charge in [-0.25, -0.2) is 5.01 Å². The Morgan fingerprint density at radius 1 is 1.08 bits per heavy atom. The van der Waals surface area contributed by atoms with Crippen LogP contribution in [0.2, 0.25) is 0 Å². The fourth-order valence-corrected chi connectivity index (χ4v) is 5.15. The van der Waals surface area contributed by atoms with Crippen molar-refractivity contribution in [3.63, 3.8) is 0 Å². The van der Waals surface area contributed by atoms with Crippen LogP contribution < -0.4 is 15.5 Å². The number of hydrazine groups is 1. The lowest BCUT2D eigenvalue weighted by molar-refractivity contribution is -0.380. The molecule has 0 fully saturated rings. The van der Waals surface area contributed by atoms with E-state index in [0.29, 0.717) is 34.0 Å². The molecule has 0 spiro atoms. The van der Waals surface area contributed by atoms with Gasteiger partial charge in [-0.15, -0.1) is 0 Å². The minimum Gasteiger partial charge on any atom is -0.489 e. The van der Waals surface area contributed by atoms with Crippen molar-refractivity contribution in [1.82, 2.24) is 10.4 Å². The van der Waals surface area contributed by atoms with Crippen LogP contribution in [-0.4, -0.2) is 21.7 Å². The highest BCUT2D eigenvalue weighted by Gasteiger charge is 2.36. The molecule has 1 aliphatic heterocycles. The third-order valence-corrected chi connectivity index (χ3v) is 7.39. The van der Waals surface area contributed by atoms with Crippen molar-refractivity contribution in [2.75, 3.05) is 5.32 Å². The van der Waals surface area contributed by atoms with Gasteiger partial charge in [-0.2, -0.15) is 0 Å². The van der Waals surface area contributed by atoms with Crippen molar-refractivity contribution in [1.29, 1.82) is 0 Å². The molecule has 9 nitrogen and oxygen atoms in total. The van der Waals surface area contributed by atoms with Crippen molar-refractivity contribution in [2.45, 2.75) is 12.8 Å². The van der Waals surface area contributed by atoms with Gasteiger partial charge in [-0.05, 0) is 76.7 Å². The summed E-state index contributed by atoms with van der Waals surface area (Å²) >= 11 is 3.04. The van der Waals surface area contributed by atoms with Crippen LogP contribution in [-0.2, 0) is 6.61 Å². The number of fused-ring (bicyclic) bond motifs is 1. The highest BCUT2D eigenvalue weighted by atomic mass is 127. The minimum atomic E-state index is -0.823. The molecule has 2 N–H and O–H groups in total. The topological polar surface area (TPSA) is 114 Å². The Hall–Kier alpha value is -3.97. The van der Waals surface area contributed by atoms with Crippen molar-refractivity contribution < 1.29 is 19.2 Å². The Labute approximate surface area is 229 Å². The van der Waals surface area contributed by atoms with Gasteiger partial charge in [-0.3, -0.25) is 25.1 Å². The summed E-state index contributed by atoms with van der Waals surface area (Å²) in [5.41, 5.74) is 5.00. The molecule has 2 amide bonds. The zero-order valence-electron chi connectivity index (χ0n) is 19.1. The monoisotopic (exact) mass is 626 g/mol. The summed E-state index contributed by atoms with van der Waals surface area (Å²) in [6.07, 6.45) is -0.823. The highest BCUT2D eigenvalue weighted by Crippen LogP contribution is 2.37. The standard InChI is InChI=1S/C26H19IN4O5S/c27-18-8-11-21-20(14-18)26(33)30(24(28-21)22-12-13-23(37-22)31(34)35)29-25(32)17-6-9-19(10-7-17)36-15-16-4-2-1-3-5-16/h1-14,24,28H,15H2,(H,29,32)/t24-/m0/s1. The zero-order valence-corrected chi connectivity index (χ0v) is 22.1. The van der Waals surface area contributed by atoms with E-state index in [-0.39, 0.29) is 5.00 Å². The predicted octanol–water partition coefficient (Wildman–Crippen LogP) is 5.75. The molecule has 186 valence electrons. The van der Waals surface area contributed by atoms with E-state index in [1.165, 1.54) is 11.1 Å². The molecule has 37 heavy (non-hydrogen) atoms. The van der Waals surface area contributed by atoms with Crippen molar-refractivity contribution >= 4 is 56.4 Å². The van der Waals surface area contributed by atoms with Gasteiger partial charge in [0.15, 0.2) is 6.17 Å². The van der Waals surface area contributed by atoms with Crippen LogP contribution >= 0.6 is 33.9 Å². The van der Waals surface area contributed by atoms with Gasteiger partial charge in [0, 0.05) is 20.9 Å². The SMILES string of the molecule is O=C(NN1C(=O)c2cc(I)ccc2N[C@@H]1c1ccc([N+](=O)[O-])s1)c1ccc(OCc2ccccc2)cc1. The maximum atomic E-state index is 13.5. The number of halogens is 1. The Bertz CT molecular complexity index is 1480. The first kappa shape index (κ1) is 24.7.